The Hall–Kier alpha value is -1.37. The van der Waals surface area contributed by atoms with Gasteiger partial charge >= 0.3 is 0 Å². The minimum Gasteiger partial charge on any atom is -0.295 e. The van der Waals surface area contributed by atoms with E-state index in [0.29, 0.717) is 0 Å². The predicted molar refractivity (Wildman–Crippen MR) is 69.6 cm³/mol. The summed E-state index contributed by atoms with van der Waals surface area (Å²) in [6.45, 7) is 3.81. The van der Waals surface area contributed by atoms with E-state index in [-0.39, 0.29) is 5.78 Å². The second-order valence-corrected chi connectivity index (χ2v) is 4.08. The van der Waals surface area contributed by atoms with Gasteiger partial charge in [-0.1, -0.05) is 56.2 Å². The molecule has 0 saturated heterocycles. The first-order valence-electron chi connectivity index (χ1n) is 6.01. The first-order valence-corrected chi connectivity index (χ1v) is 6.01. The molecule has 0 radical (unpaired) electrons. The number of rotatable bonds is 6. The number of ketones is 1. The molecule has 0 atom stereocenters. The zero-order valence-electron chi connectivity index (χ0n) is 10.2. The summed E-state index contributed by atoms with van der Waals surface area (Å²) in [5.74, 6) is 0.124. The molecule has 0 aliphatic heterocycles. The lowest BCUT2D eigenvalue weighted by Gasteiger charge is -1.97. The molecule has 0 aliphatic rings. The highest BCUT2D eigenvalue weighted by atomic mass is 16.1. The molecule has 1 aromatic rings. The van der Waals surface area contributed by atoms with Crippen LogP contribution in [-0.4, -0.2) is 5.78 Å². The van der Waals surface area contributed by atoms with Crippen molar-refractivity contribution in [2.75, 3.05) is 0 Å². The number of benzene rings is 1. The van der Waals surface area contributed by atoms with Crippen LogP contribution in [0.1, 0.15) is 55.5 Å². The number of carbonyl (C=O) groups excluding carboxylic acids is 1. The Bertz CT molecular complexity index is 346. The average Bonchev–Trinajstić information content (AvgIpc) is 2.29. The van der Waals surface area contributed by atoms with E-state index in [1.807, 2.05) is 24.3 Å². The van der Waals surface area contributed by atoms with Crippen LogP contribution in [0.5, 0.6) is 0 Å². The fraction of sp³-hybridized carbons (Fsp3) is 0.400. The standard InChI is InChI=1S/C15H20O/c1-3-4-5-6-7-8-14-9-11-15(12-10-14)13(2)16/h7-12H,3-6H2,1-2H3/b8-7-. The Labute approximate surface area is 98.2 Å². The van der Waals surface area contributed by atoms with Crippen molar-refractivity contribution < 1.29 is 4.79 Å². The average molecular weight is 216 g/mol. The molecule has 0 aromatic heterocycles. The van der Waals surface area contributed by atoms with Gasteiger partial charge in [0.15, 0.2) is 5.78 Å². The molecule has 0 spiro atoms. The van der Waals surface area contributed by atoms with Gasteiger partial charge in [-0.2, -0.15) is 0 Å². The van der Waals surface area contributed by atoms with E-state index in [4.69, 9.17) is 0 Å². The molecule has 1 rings (SSSR count). The van der Waals surface area contributed by atoms with Crippen LogP contribution in [0.15, 0.2) is 30.3 Å². The van der Waals surface area contributed by atoms with E-state index >= 15 is 0 Å². The summed E-state index contributed by atoms with van der Waals surface area (Å²) in [5.41, 5.74) is 1.95. The van der Waals surface area contributed by atoms with Crippen LogP contribution >= 0.6 is 0 Å². The van der Waals surface area contributed by atoms with Crippen LogP contribution in [0, 0.1) is 0 Å². The van der Waals surface area contributed by atoms with Gasteiger partial charge in [0.2, 0.25) is 0 Å². The summed E-state index contributed by atoms with van der Waals surface area (Å²) in [4.78, 5) is 11.1. The molecule has 1 nitrogen and oxygen atoms in total. The SMILES string of the molecule is CCCCC/C=C\c1ccc(C(C)=O)cc1. The monoisotopic (exact) mass is 216 g/mol. The Kier molecular flexibility index (Phi) is 5.55. The highest BCUT2D eigenvalue weighted by Crippen LogP contribution is 2.08. The van der Waals surface area contributed by atoms with Gasteiger partial charge in [-0.15, -0.1) is 0 Å². The number of allylic oxidation sites excluding steroid dienone is 1. The van der Waals surface area contributed by atoms with Crippen LogP contribution in [0.25, 0.3) is 6.08 Å². The lowest BCUT2D eigenvalue weighted by Crippen LogP contribution is -1.90. The molecule has 0 heterocycles. The molecule has 1 heteroatoms. The smallest absolute Gasteiger partial charge is 0.159 e. The van der Waals surface area contributed by atoms with E-state index in [0.717, 1.165) is 12.0 Å². The maximum absolute atomic E-state index is 11.1. The van der Waals surface area contributed by atoms with Crippen LogP contribution in [0.3, 0.4) is 0 Å². The number of unbranched alkanes of at least 4 members (excludes halogenated alkanes) is 3. The quantitative estimate of drug-likeness (QED) is 0.506. The maximum atomic E-state index is 11.1. The zero-order valence-corrected chi connectivity index (χ0v) is 10.2. The number of hydrogen-bond donors (Lipinski definition) is 0. The third-order valence-corrected chi connectivity index (χ3v) is 2.60. The molecule has 1 aromatic carbocycles. The Morgan fingerprint density at radius 2 is 1.88 bits per heavy atom. The molecule has 0 bridgehead atoms. The van der Waals surface area contributed by atoms with Gasteiger partial charge in [-0.05, 0) is 25.3 Å². The summed E-state index contributed by atoms with van der Waals surface area (Å²) in [5, 5.41) is 0. The molecular formula is C15H20O. The second-order valence-electron chi connectivity index (χ2n) is 4.08. The number of carbonyl (C=O) groups is 1. The number of hydrogen-bond acceptors (Lipinski definition) is 1. The van der Waals surface area contributed by atoms with Crippen molar-refractivity contribution in [2.45, 2.75) is 39.5 Å². The topological polar surface area (TPSA) is 17.1 Å². The van der Waals surface area contributed by atoms with Crippen molar-refractivity contribution in [3.63, 3.8) is 0 Å². The minimum atomic E-state index is 0.124. The fourth-order valence-corrected chi connectivity index (χ4v) is 1.56. The molecule has 0 unspecified atom stereocenters. The van der Waals surface area contributed by atoms with Crippen molar-refractivity contribution >= 4 is 11.9 Å². The normalized spacial score (nSPS) is 10.9. The van der Waals surface area contributed by atoms with Gasteiger partial charge in [-0.3, -0.25) is 4.79 Å². The van der Waals surface area contributed by atoms with Crippen molar-refractivity contribution in [1.29, 1.82) is 0 Å². The third kappa shape index (κ3) is 4.43. The van der Waals surface area contributed by atoms with Crippen LogP contribution in [-0.2, 0) is 0 Å². The van der Waals surface area contributed by atoms with E-state index in [1.54, 1.807) is 6.92 Å². The summed E-state index contributed by atoms with van der Waals surface area (Å²) in [6, 6.07) is 7.75. The van der Waals surface area contributed by atoms with Gasteiger partial charge in [0, 0.05) is 5.56 Å². The lowest BCUT2D eigenvalue weighted by molar-refractivity contribution is 0.101. The first kappa shape index (κ1) is 12.7. The van der Waals surface area contributed by atoms with Crippen molar-refractivity contribution in [3.8, 4) is 0 Å². The van der Waals surface area contributed by atoms with Crippen molar-refractivity contribution in [1.82, 2.24) is 0 Å². The van der Waals surface area contributed by atoms with E-state index in [2.05, 4.69) is 19.1 Å². The Morgan fingerprint density at radius 1 is 1.19 bits per heavy atom. The first-order chi connectivity index (χ1) is 7.74. The highest BCUT2D eigenvalue weighted by Gasteiger charge is 1.96. The van der Waals surface area contributed by atoms with E-state index < -0.39 is 0 Å². The van der Waals surface area contributed by atoms with Gasteiger partial charge in [0.25, 0.3) is 0 Å². The van der Waals surface area contributed by atoms with Gasteiger partial charge in [0.1, 0.15) is 0 Å². The molecule has 0 aliphatic carbocycles. The predicted octanol–water partition coefficient (Wildman–Crippen LogP) is 4.48. The largest absolute Gasteiger partial charge is 0.295 e. The highest BCUT2D eigenvalue weighted by molar-refractivity contribution is 5.94. The molecule has 0 fully saturated rings. The molecule has 0 saturated carbocycles. The summed E-state index contributed by atoms with van der Waals surface area (Å²) in [6.07, 6.45) is 9.30. The zero-order chi connectivity index (χ0) is 11.8. The second kappa shape index (κ2) is 7.00. The molecular weight excluding hydrogens is 196 g/mol. The van der Waals surface area contributed by atoms with E-state index in [9.17, 15) is 4.79 Å². The van der Waals surface area contributed by atoms with Crippen molar-refractivity contribution in [2.24, 2.45) is 0 Å². The Balaban J connectivity index is 2.45. The van der Waals surface area contributed by atoms with Gasteiger partial charge in [-0.25, -0.2) is 0 Å². The van der Waals surface area contributed by atoms with Crippen LogP contribution < -0.4 is 0 Å². The molecule has 86 valence electrons. The van der Waals surface area contributed by atoms with Gasteiger partial charge in [0.05, 0.1) is 0 Å². The number of Topliss-reactive ketones (excluding diaryl/α,β-unsaturated/α-hetero) is 1. The van der Waals surface area contributed by atoms with Crippen LogP contribution in [0.4, 0.5) is 0 Å². The van der Waals surface area contributed by atoms with Crippen molar-refractivity contribution in [3.05, 3.63) is 41.5 Å². The van der Waals surface area contributed by atoms with E-state index in [1.165, 1.54) is 24.8 Å². The fourth-order valence-electron chi connectivity index (χ4n) is 1.56. The van der Waals surface area contributed by atoms with Gasteiger partial charge < -0.3 is 0 Å². The minimum absolute atomic E-state index is 0.124. The Morgan fingerprint density at radius 3 is 2.44 bits per heavy atom. The van der Waals surface area contributed by atoms with Crippen LogP contribution in [0.2, 0.25) is 0 Å². The summed E-state index contributed by atoms with van der Waals surface area (Å²) < 4.78 is 0. The lowest BCUT2D eigenvalue weighted by atomic mass is 10.1. The maximum Gasteiger partial charge on any atom is 0.159 e. The summed E-state index contributed by atoms with van der Waals surface area (Å²) in [7, 11) is 0. The molecule has 16 heavy (non-hydrogen) atoms. The summed E-state index contributed by atoms with van der Waals surface area (Å²) >= 11 is 0. The molecule has 0 N–H and O–H groups in total. The molecule has 0 amide bonds. The third-order valence-electron chi connectivity index (χ3n) is 2.60.